The van der Waals surface area contributed by atoms with Gasteiger partial charge >= 0.3 is 5.97 Å². The lowest BCUT2D eigenvalue weighted by molar-refractivity contribution is -0.162. The van der Waals surface area contributed by atoms with Gasteiger partial charge in [-0.15, -0.1) is 0 Å². The predicted octanol–water partition coefficient (Wildman–Crippen LogP) is 2.04. The Labute approximate surface area is 138 Å². The molecule has 0 aliphatic rings. The molecule has 3 atom stereocenters. The predicted molar refractivity (Wildman–Crippen MR) is 89.9 cm³/mol. The molecule has 0 amide bonds. The van der Waals surface area contributed by atoms with Crippen molar-refractivity contribution in [3.05, 3.63) is 35.9 Å². The number of carbonyl (C=O) groups is 1. The zero-order valence-electron chi connectivity index (χ0n) is 14.6. The Morgan fingerprint density at radius 3 is 2.22 bits per heavy atom. The fraction of sp³-hybridized carbons (Fsp3) is 0.611. The number of hydrogen-bond acceptors (Lipinski definition) is 5. The Morgan fingerprint density at radius 1 is 1.22 bits per heavy atom. The van der Waals surface area contributed by atoms with Crippen LogP contribution in [0, 0.1) is 5.92 Å². The van der Waals surface area contributed by atoms with Crippen LogP contribution in [-0.2, 0) is 9.53 Å². The van der Waals surface area contributed by atoms with Crippen LogP contribution in [0.5, 0.6) is 0 Å². The Bertz CT molecular complexity index is 482. The summed E-state index contributed by atoms with van der Waals surface area (Å²) in [5.74, 6) is -0.650. The molecule has 0 saturated carbocycles. The first kappa shape index (κ1) is 19.6. The molecule has 0 radical (unpaired) electrons. The van der Waals surface area contributed by atoms with Gasteiger partial charge in [0.05, 0.1) is 18.8 Å². The van der Waals surface area contributed by atoms with Gasteiger partial charge in [0.1, 0.15) is 11.6 Å². The number of benzene rings is 1. The molecule has 0 saturated heterocycles. The quantitative estimate of drug-likeness (QED) is 0.669. The van der Waals surface area contributed by atoms with E-state index in [1.807, 2.05) is 44.2 Å². The van der Waals surface area contributed by atoms with Crippen molar-refractivity contribution >= 4 is 5.97 Å². The monoisotopic (exact) mass is 323 g/mol. The highest BCUT2D eigenvalue weighted by atomic mass is 16.6. The molecular formula is C18H29NO4. The maximum absolute atomic E-state index is 12.5. The second kappa shape index (κ2) is 8.43. The van der Waals surface area contributed by atoms with Crippen LogP contribution in [-0.4, -0.2) is 40.5 Å². The third-order valence-electron chi connectivity index (χ3n) is 3.45. The fourth-order valence-corrected chi connectivity index (χ4v) is 2.21. The van der Waals surface area contributed by atoms with E-state index in [0.717, 1.165) is 5.56 Å². The van der Waals surface area contributed by atoms with E-state index in [9.17, 15) is 15.0 Å². The van der Waals surface area contributed by atoms with Gasteiger partial charge in [0.25, 0.3) is 0 Å². The number of rotatable bonds is 7. The zero-order chi connectivity index (χ0) is 17.6. The molecule has 5 heteroatoms. The fourth-order valence-electron chi connectivity index (χ4n) is 2.21. The summed E-state index contributed by atoms with van der Waals surface area (Å²) in [5, 5.41) is 23.1. The lowest BCUT2D eigenvalue weighted by Crippen LogP contribution is -2.52. The third-order valence-corrected chi connectivity index (χ3v) is 3.45. The van der Waals surface area contributed by atoms with Crippen LogP contribution in [0.4, 0.5) is 0 Å². The van der Waals surface area contributed by atoms with Crippen LogP contribution >= 0.6 is 0 Å². The van der Waals surface area contributed by atoms with Gasteiger partial charge in [-0.05, 0) is 32.3 Å². The molecule has 3 unspecified atom stereocenters. The van der Waals surface area contributed by atoms with Crippen molar-refractivity contribution in [1.82, 2.24) is 5.32 Å². The molecule has 130 valence electrons. The van der Waals surface area contributed by atoms with Gasteiger partial charge in [-0.25, -0.2) is 0 Å². The second-order valence-electron chi connectivity index (χ2n) is 7.06. The topological polar surface area (TPSA) is 78.8 Å². The largest absolute Gasteiger partial charge is 0.459 e. The van der Waals surface area contributed by atoms with E-state index in [1.165, 1.54) is 0 Å². The van der Waals surface area contributed by atoms with E-state index in [0.29, 0.717) is 0 Å². The highest BCUT2D eigenvalue weighted by Gasteiger charge is 2.34. The highest BCUT2D eigenvalue weighted by molar-refractivity contribution is 5.77. The molecule has 23 heavy (non-hydrogen) atoms. The molecule has 1 aromatic rings. The van der Waals surface area contributed by atoms with E-state index >= 15 is 0 Å². The maximum atomic E-state index is 12.5. The van der Waals surface area contributed by atoms with Crippen molar-refractivity contribution in [1.29, 1.82) is 0 Å². The van der Waals surface area contributed by atoms with Gasteiger partial charge in [-0.1, -0.05) is 44.2 Å². The molecule has 0 aliphatic heterocycles. The average Bonchev–Trinajstić information content (AvgIpc) is 2.46. The normalized spacial score (nSPS) is 16.0. The molecule has 3 N–H and O–H groups in total. The molecule has 0 fully saturated rings. The molecule has 5 nitrogen and oxygen atoms in total. The summed E-state index contributed by atoms with van der Waals surface area (Å²) < 4.78 is 5.41. The van der Waals surface area contributed by atoms with E-state index in [2.05, 4.69) is 5.32 Å². The SMILES string of the molecule is CC(C)C(O)C(NC(CO)c1ccccc1)C(=O)OC(C)(C)C. The Kier molecular flexibility index (Phi) is 7.19. The van der Waals surface area contributed by atoms with Crippen LogP contribution in [0.3, 0.4) is 0 Å². The lowest BCUT2D eigenvalue weighted by atomic mass is 9.97. The standard InChI is InChI=1S/C18H29NO4/c1-12(2)16(21)15(17(22)23-18(3,4)5)19-14(11-20)13-9-7-6-8-10-13/h6-10,12,14-16,19-21H,11H2,1-5H3. The van der Waals surface area contributed by atoms with E-state index in [1.54, 1.807) is 20.8 Å². The van der Waals surface area contributed by atoms with E-state index in [4.69, 9.17) is 4.74 Å². The molecule has 0 aromatic heterocycles. The summed E-state index contributed by atoms with van der Waals surface area (Å²) in [6, 6.07) is 7.96. The van der Waals surface area contributed by atoms with Crippen LogP contribution in [0.2, 0.25) is 0 Å². The van der Waals surface area contributed by atoms with Crippen molar-refractivity contribution in [2.45, 2.75) is 58.4 Å². The smallest absolute Gasteiger partial charge is 0.326 e. The number of ether oxygens (including phenoxy) is 1. The molecule has 1 aromatic carbocycles. The van der Waals surface area contributed by atoms with Gasteiger partial charge in [-0.2, -0.15) is 0 Å². The van der Waals surface area contributed by atoms with Crippen molar-refractivity contribution in [3.63, 3.8) is 0 Å². The zero-order valence-corrected chi connectivity index (χ0v) is 14.6. The number of esters is 1. The number of aliphatic hydroxyl groups excluding tert-OH is 2. The molecule has 0 bridgehead atoms. The second-order valence-corrected chi connectivity index (χ2v) is 7.06. The third kappa shape index (κ3) is 6.29. The Morgan fingerprint density at radius 2 is 1.78 bits per heavy atom. The molecule has 0 aliphatic carbocycles. The number of carbonyl (C=O) groups excluding carboxylic acids is 1. The summed E-state index contributed by atoms with van der Waals surface area (Å²) in [5.41, 5.74) is 0.203. The molecule has 0 spiro atoms. The summed E-state index contributed by atoms with van der Waals surface area (Å²) in [6.07, 6.45) is -0.914. The van der Waals surface area contributed by atoms with Crippen molar-refractivity contribution in [2.75, 3.05) is 6.61 Å². The van der Waals surface area contributed by atoms with Crippen LogP contribution in [0.15, 0.2) is 30.3 Å². The minimum absolute atomic E-state index is 0.130. The van der Waals surface area contributed by atoms with Crippen LogP contribution < -0.4 is 5.32 Å². The summed E-state index contributed by atoms with van der Waals surface area (Å²) in [7, 11) is 0. The van der Waals surface area contributed by atoms with Gasteiger partial charge in [0.2, 0.25) is 0 Å². The highest BCUT2D eigenvalue weighted by Crippen LogP contribution is 2.18. The first-order valence-corrected chi connectivity index (χ1v) is 7.98. The first-order valence-electron chi connectivity index (χ1n) is 7.98. The average molecular weight is 323 g/mol. The van der Waals surface area contributed by atoms with Gasteiger partial charge in [0.15, 0.2) is 0 Å². The van der Waals surface area contributed by atoms with E-state index in [-0.39, 0.29) is 12.5 Å². The number of aliphatic hydroxyl groups is 2. The minimum Gasteiger partial charge on any atom is -0.459 e. The lowest BCUT2D eigenvalue weighted by Gasteiger charge is -2.31. The van der Waals surface area contributed by atoms with E-state index < -0.39 is 29.8 Å². The Hall–Kier alpha value is -1.43. The van der Waals surface area contributed by atoms with Crippen LogP contribution in [0.1, 0.15) is 46.2 Å². The van der Waals surface area contributed by atoms with Gasteiger partial charge in [-0.3, -0.25) is 10.1 Å². The maximum Gasteiger partial charge on any atom is 0.326 e. The van der Waals surface area contributed by atoms with Crippen molar-refractivity contribution < 1.29 is 19.7 Å². The van der Waals surface area contributed by atoms with Crippen molar-refractivity contribution in [2.24, 2.45) is 5.92 Å². The number of nitrogens with one attached hydrogen (secondary N) is 1. The molecule has 0 heterocycles. The Balaban J connectivity index is 2.97. The summed E-state index contributed by atoms with van der Waals surface area (Å²) in [4.78, 5) is 12.5. The van der Waals surface area contributed by atoms with Gasteiger partial charge < -0.3 is 14.9 Å². The molecular weight excluding hydrogens is 294 g/mol. The minimum atomic E-state index is -0.914. The summed E-state index contributed by atoms with van der Waals surface area (Å²) >= 11 is 0. The summed E-state index contributed by atoms with van der Waals surface area (Å²) in [6.45, 7) is 8.83. The van der Waals surface area contributed by atoms with Crippen LogP contribution in [0.25, 0.3) is 0 Å². The first-order chi connectivity index (χ1) is 10.7. The number of hydrogen-bond donors (Lipinski definition) is 3. The van der Waals surface area contributed by atoms with Gasteiger partial charge in [0, 0.05) is 0 Å². The van der Waals surface area contributed by atoms with Crippen molar-refractivity contribution in [3.8, 4) is 0 Å². The molecule has 1 rings (SSSR count).